The van der Waals surface area contributed by atoms with E-state index in [2.05, 4.69) is 5.16 Å². The van der Waals surface area contributed by atoms with Crippen molar-refractivity contribution in [3.05, 3.63) is 0 Å². The number of carbonyl (C=O) groups excluding carboxylic acids is 1. The third kappa shape index (κ3) is 11.8. The molecule has 0 spiro atoms. The van der Waals surface area contributed by atoms with Gasteiger partial charge >= 0.3 is 5.97 Å². The van der Waals surface area contributed by atoms with E-state index in [-0.39, 0.29) is 57.1 Å². The van der Waals surface area contributed by atoms with Crippen molar-refractivity contribution in [2.45, 2.75) is 179 Å². The van der Waals surface area contributed by atoms with E-state index in [0.29, 0.717) is 6.42 Å². The van der Waals surface area contributed by atoms with E-state index in [0.717, 1.165) is 0 Å². The van der Waals surface area contributed by atoms with Gasteiger partial charge in [0.1, 0.15) is 23.9 Å². The number of nitrogens with zero attached hydrogens (tertiary/aromatic N) is 2. The number of hydrogen-bond donors (Lipinski definition) is 6. The Morgan fingerprint density at radius 1 is 0.930 bits per heavy atom. The molecule has 0 aromatic heterocycles. The Morgan fingerprint density at radius 3 is 2.16 bits per heavy atom. The van der Waals surface area contributed by atoms with Gasteiger partial charge in [0, 0.05) is 37.3 Å². The maximum Gasteiger partial charge on any atom is 0.311 e. The molecule has 3 fully saturated rings. The van der Waals surface area contributed by atoms with Crippen molar-refractivity contribution in [2.75, 3.05) is 41.2 Å². The van der Waals surface area contributed by atoms with Crippen LogP contribution < -0.4 is 0 Å². The number of aliphatic hydroxyl groups is 6. The van der Waals surface area contributed by atoms with Gasteiger partial charge in [0.2, 0.25) is 6.79 Å². The molecule has 57 heavy (non-hydrogen) atoms. The maximum absolute atomic E-state index is 14.3. The first-order chi connectivity index (χ1) is 26.5. The highest BCUT2D eigenvalue weighted by atomic mass is 16.7. The highest BCUT2D eigenvalue weighted by molar-refractivity contribution is 5.88. The Balaban J connectivity index is 2.23. The lowest BCUT2D eigenvalue weighted by atomic mass is 9.73. The number of oxime groups is 1. The van der Waals surface area contributed by atoms with Crippen LogP contribution in [0.15, 0.2) is 5.16 Å². The summed E-state index contributed by atoms with van der Waals surface area (Å²) in [6.07, 6.45) is -9.64. The Bertz CT molecular complexity index is 1290. The van der Waals surface area contributed by atoms with E-state index in [1.165, 1.54) is 14.0 Å². The van der Waals surface area contributed by atoms with Crippen LogP contribution in [-0.4, -0.2) is 173 Å². The van der Waals surface area contributed by atoms with Crippen molar-refractivity contribution in [3.63, 3.8) is 0 Å². The summed E-state index contributed by atoms with van der Waals surface area (Å²) < 4.78 is 42.8. The number of rotatable bonds is 12. The number of aliphatic hydroxyl groups excluding tert-OH is 4. The summed E-state index contributed by atoms with van der Waals surface area (Å²) in [6, 6.07) is -0.335. The average molecular weight is 823 g/mol. The quantitative estimate of drug-likeness (QED) is 0.0711. The van der Waals surface area contributed by atoms with Crippen LogP contribution in [-0.2, 0) is 42.8 Å². The summed E-state index contributed by atoms with van der Waals surface area (Å²) >= 11 is 0. The van der Waals surface area contributed by atoms with Gasteiger partial charge in [-0.1, -0.05) is 32.9 Å². The van der Waals surface area contributed by atoms with Crippen LogP contribution >= 0.6 is 0 Å². The molecule has 3 heterocycles. The molecular weight excluding hydrogens is 748 g/mol. The molecule has 0 aromatic carbocycles. The van der Waals surface area contributed by atoms with Crippen LogP contribution in [0.5, 0.6) is 0 Å². The number of ether oxygens (including phenoxy) is 7. The lowest BCUT2D eigenvalue weighted by molar-refractivity contribution is -0.317. The molecule has 17 nitrogen and oxygen atoms in total. The average Bonchev–Trinajstić information content (AvgIpc) is 3.14. The second kappa shape index (κ2) is 20.8. The number of esters is 1. The summed E-state index contributed by atoms with van der Waals surface area (Å²) in [7, 11) is 5.19. The van der Waals surface area contributed by atoms with E-state index in [1.807, 2.05) is 25.9 Å². The topological polar surface area (TPSA) is 228 Å². The maximum atomic E-state index is 14.3. The highest BCUT2D eigenvalue weighted by Gasteiger charge is 2.53. The molecule has 0 aromatic rings. The van der Waals surface area contributed by atoms with E-state index >= 15 is 0 Å². The summed E-state index contributed by atoms with van der Waals surface area (Å²) in [5.41, 5.74) is -4.56. The Hall–Kier alpha value is -1.58. The lowest BCUT2D eigenvalue weighted by Crippen LogP contribution is -2.61. The first-order valence-corrected chi connectivity index (χ1v) is 20.4. The van der Waals surface area contributed by atoms with Crippen molar-refractivity contribution >= 4 is 11.7 Å². The zero-order valence-electron chi connectivity index (χ0n) is 36.4. The molecule has 0 unspecified atom stereocenters. The van der Waals surface area contributed by atoms with Crippen molar-refractivity contribution in [1.82, 2.24) is 4.90 Å². The predicted octanol–water partition coefficient (Wildman–Crippen LogP) is 1.56. The highest BCUT2D eigenvalue weighted by Crippen LogP contribution is 2.41. The van der Waals surface area contributed by atoms with Gasteiger partial charge in [-0.25, -0.2) is 0 Å². The van der Waals surface area contributed by atoms with Crippen LogP contribution in [0.3, 0.4) is 0 Å². The van der Waals surface area contributed by atoms with Crippen LogP contribution in [0.2, 0.25) is 0 Å². The Labute approximate surface area is 338 Å². The summed E-state index contributed by atoms with van der Waals surface area (Å²) in [6.45, 7) is 16.3. The fourth-order valence-electron chi connectivity index (χ4n) is 8.86. The van der Waals surface area contributed by atoms with Crippen molar-refractivity contribution in [1.29, 1.82) is 0 Å². The molecule has 18 atom stereocenters. The van der Waals surface area contributed by atoms with Crippen LogP contribution in [0.25, 0.3) is 0 Å². The Morgan fingerprint density at radius 2 is 1.58 bits per heavy atom. The second-order valence-corrected chi connectivity index (χ2v) is 17.5. The molecule has 0 radical (unpaired) electrons. The van der Waals surface area contributed by atoms with Gasteiger partial charge in [0.25, 0.3) is 0 Å². The molecule has 3 aliphatic rings. The van der Waals surface area contributed by atoms with Crippen LogP contribution in [0, 0.1) is 23.7 Å². The molecule has 0 bridgehead atoms. The van der Waals surface area contributed by atoms with Gasteiger partial charge < -0.3 is 73.5 Å². The minimum Gasteiger partial charge on any atom is -0.459 e. The molecule has 334 valence electrons. The molecule has 0 saturated carbocycles. The van der Waals surface area contributed by atoms with Gasteiger partial charge in [-0.05, 0) is 74.9 Å². The summed E-state index contributed by atoms with van der Waals surface area (Å²) in [5.74, 6) is -4.22. The fourth-order valence-corrected chi connectivity index (χ4v) is 8.86. The van der Waals surface area contributed by atoms with E-state index in [1.54, 1.807) is 55.4 Å². The number of cyclic esters (lactones) is 1. The smallest absolute Gasteiger partial charge is 0.311 e. The first-order valence-electron chi connectivity index (χ1n) is 20.4. The SMILES string of the molecule is CC[C@H]1OC(=O)[C@H](C)[C@@H](O[C@H]2C[C@@](C)(OC)[C@@H](O)[C@H](C)O2)[C@H](C)[C@@H](O[C@@H]2O[C@H](C)C[C@H](N(C)C)[C@H]2O)[C@](C)(O)C[C@@H](C)/C(=N\OCOCCO)[C@H](C)[C@@H](O)[C@]1(C)O. The van der Waals surface area contributed by atoms with Crippen molar-refractivity contribution < 1.29 is 73.4 Å². The number of carbonyl (C=O) groups is 1. The van der Waals surface area contributed by atoms with E-state index in [4.69, 9.17) is 43.1 Å². The third-order valence-electron chi connectivity index (χ3n) is 12.4. The third-order valence-corrected chi connectivity index (χ3v) is 12.4. The fraction of sp³-hybridized carbons (Fsp3) is 0.950. The van der Waals surface area contributed by atoms with E-state index in [9.17, 15) is 30.3 Å². The minimum absolute atomic E-state index is 0.00259. The molecule has 3 saturated heterocycles. The zero-order valence-corrected chi connectivity index (χ0v) is 36.4. The van der Waals surface area contributed by atoms with E-state index < -0.39 is 102 Å². The second-order valence-electron chi connectivity index (χ2n) is 17.5. The molecule has 3 aliphatic heterocycles. The van der Waals surface area contributed by atoms with Crippen molar-refractivity contribution in [2.24, 2.45) is 28.8 Å². The van der Waals surface area contributed by atoms with Gasteiger partial charge in [0.05, 0.1) is 66.6 Å². The molecule has 3 rings (SSSR count). The molecule has 6 N–H and O–H groups in total. The number of methoxy groups -OCH3 is 1. The Kier molecular flexibility index (Phi) is 18.2. The molecule has 17 heteroatoms. The van der Waals surface area contributed by atoms with Crippen LogP contribution in [0.1, 0.15) is 94.9 Å². The van der Waals surface area contributed by atoms with Crippen LogP contribution in [0.4, 0.5) is 0 Å². The van der Waals surface area contributed by atoms with Gasteiger partial charge in [-0.3, -0.25) is 4.79 Å². The molecule has 0 amide bonds. The monoisotopic (exact) mass is 823 g/mol. The van der Waals surface area contributed by atoms with Gasteiger partial charge in [-0.15, -0.1) is 0 Å². The lowest BCUT2D eigenvalue weighted by Gasteiger charge is -2.49. The summed E-state index contributed by atoms with van der Waals surface area (Å²) in [4.78, 5) is 21.7. The normalized spacial score (nSPS) is 46.4. The molecule has 0 aliphatic carbocycles. The van der Waals surface area contributed by atoms with Gasteiger partial charge in [0.15, 0.2) is 12.6 Å². The number of hydrogen-bond acceptors (Lipinski definition) is 17. The largest absolute Gasteiger partial charge is 0.459 e. The van der Waals surface area contributed by atoms with Crippen molar-refractivity contribution in [3.8, 4) is 0 Å². The summed E-state index contributed by atoms with van der Waals surface area (Å²) in [5, 5.41) is 72.5. The van der Waals surface area contributed by atoms with Gasteiger partial charge in [-0.2, -0.15) is 0 Å². The molecular formula is C40H74N2O15. The number of likely N-dealkylation sites (N-methyl/N-ethyl adjacent to an activating group) is 1. The zero-order chi connectivity index (χ0) is 43.2. The predicted molar refractivity (Wildman–Crippen MR) is 208 cm³/mol. The first kappa shape index (κ1) is 49.8. The standard InChI is InChI=1S/C40H74N2O15/c1-14-28-40(10,49)33(45)23(4)30(41-52-20-51-16-15-43)21(2)18-38(8,48)35(57-37-31(44)27(42(11)12)17-22(3)53-37)24(5)32(25(6)36(47)55-28)56-29-19-39(9,50-13)34(46)26(7)54-29/h21-29,31-35,37,43-46,48-49H,14-20H2,1-13H3/b41-30+/t21-,22-,23+,24+,25-,26+,27+,28-,29+,31-,32+,33-,34+,35-,37+,38-,39-,40-/m1/s1. The minimum atomic E-state index is -1.98.